The van der Waals surface area contributed by atoms with Crippen LogP contribution in [-0.2, 0) is 4.79 Å². The summed E-state index contributed by atoms with van der Waals surface area (Å²) in [7, 11) is 0. The van der Waals surface area contributed by atoms with E-state index in [4.69, 9.17) is 4.42 Å². The van der Waals surface area contributed by atoms with Crippen LogP contribution < -0.4 is 0 Å². The van der Waals surface area contributed by atoms with E-state index in [-0.39, 0.29) is 17.7 Å². The van der Waals surface area contributed by atoms with Crippen LogP contribution in [0.15, 0.2) is 71.0 Å². The summed E-state index contributed by atoms with van der Waals surface area (Å²) in [6, 6.07) is 15.7. The van der Waals surface area contributed by atoms with Crippen molar-refractivity contribution in [2.45, 2.75) is 6.92 Å². The molecule has 2 amide bonds. The lowest BCUT2D eigenvalue weighted by Crippen LogP contribution is -2.31. The Morgan fingerprint density at radius 3 is 2.54 bits per heavy atom. The average molecular weight is 372 g/mol. The van der Waals surface area contributed by atoms with Crippen LogP contribution in [0.5, 0.6) is 0 Å². The van der Waals surface area contributed by atoms with Crippen molar-refractivity contribution in [2.75, 3.05) is 19.6 Å². The standard InChI is InChI=1S/C23H20N2O3/c1-15(26)24-11-20-13-25(14-21(20)12-24)23(27)18-5-2-16(3-6-18)19-7-4-17-8-9-28-22(17)10-19/h2-10,13,21H,11-12,14H2,1H3. The lowest BCUT2D eigenvalue weighted by atomic mass is 10.0. The van der Waals surface area contributed by atoms with Gasteiger partial charge < -0.3 is 14.2 Å². The van der Waals surface area contributed by atoms with E-state index >= 15 is 0 Å². The molecule has 1 atom stereocenters. The van der Waals surface area contributed by atoms with Crippen molar-refractivity contribution < 1.29 is 14.0 Å². The van der Waals surface area contributed by atoms with Crippen molar-refractivity contribution in [3.05, 3.63) is 72.1 Å². The Hall–Kier alpha value is -3.34. The Bertz CT molecular complexity index is 1110. The van der Waals surface area contributed by atoms with Crippen LogP contribution in [0.3, 0.4) is 0 Å². The molecule has 0 aliphatic carbocycles. The minimum absolute atomic E-state index is 0.00399. The Morgan fingerprint density at radius 2 is 1.79 bits per heavy atom. The normalized spacial score (nSPS) is 18.5. The molecule has 1 fully saturated rings. The van der Waals surface area contributed by atoms with Gasteiger partial charge in [0.15, 0.2) is 0 Å². The number of rotatable bonds is 2. The molecule has 5 heteroatoms. The topological polar surface area (TPSA) is 53.8 Å². The zero-order valence-electron chi connectivity index (χ0n) is 15.6. The predicted octanol–water partition coefficient (Wildman–Crippen LogP) is 3.92. The van der Waals surface area contributed by atoms with E-state index < -0.39 is 0 Å². The zero-order valence-corrected chi connectivity index (χ0v) is 15.6. The number of carbonyl (C=O) groups excluding carboxylic acids is 2. The Morgan fingerprint density at radius 1 is 1.00 bits per heavy atom. The van der Waals surface area contributed by atoms with Crippen molar-refractivity contribution >= 4 is 22.8 Å². The number of amides is 2. The molecule has 0 bridgehead atoms. The third-order valence-corrected chi connectivity index (χ3v) is 5.70. The molecule has 1 aromatic heterocycles. The summed E-state index contributed by atoms with van der Waals surface area (Å²) in [4.78, 5) is 28.0. The van der Waals surface area contributed by atoms with E-state index in [0.29, 0.717) is 25.2 Å². The summed E-state index contributed by atoms with van der Waals surface area (Å²) in [5.41, 5.74) is 4.80. The predicted molar refractivity (Wildman–Crippen MR) is 107 cm³/mol. The van der Waals surface area contributed by atoms with Gasteiger partial charge in [-0.25, -0.2) is 0 Å². The highest BCUT2D eigenvalue weighted by atomic mass is 16.3. The molecule has 0 N–H and O–H groups in total. The van der Waals surface area contributed by atoms with Crippen LogP contribution >= 0.6 is 0 Å². The van der Waals surface area contributed by atoms with Gasteiger partial charge in [-0.15, -0.1) is 0 Å². The maximum atomic E-state index is 12.9. The SMILES string of the molecule is CC(=O)N1CC2=CN(C(=O)c3ccc(-c4ccc5ccoc5c4)cc3)CC2C1. The smallest absolute Gasteiger partial charge is 0.257 e. The van der Waals surface area contributed by atoms with E-state index in [1.807, 2.05) is 53.6 Å². The van der Waals surface area contributed by atoms with Gasteiger partial charge in [0, 0.05) is 49.6 Å². The fourth-order valence-electron chi connectivity index (χ4n) is 4.10. The molecule has 2 aromatic carbocycles. The van der Waals surface area contributed by atoms with Crippen molar-refractivity contribution in [3.63, 3.8) is 0 Å². The molecule has 140 valence electrons. The lowest BCUT2D eigenvalue weighted by Gasteiger charge is -2.19. The van der Waals surface area contributed by atoms with Crippen molar-refractivity contribution in [1.82, 2.24) is 9.80 Å². The van der Waals surface area contributed by atoms with Crippen LogP contribution in [0.4, 0.5) is 0 Å². The van der Waals surface area contributed by atoms with E-state index in [1.54, 1.807) is 18.1 Å². The summed E-state index contributed by atoms with van der Waals surface area (Å²) in [6.45, 7) is 3.59. The molecule has 1 unspecified atom stereocenters. The van der Waals surface area contributed by atoms with Crippen molar-refractivity contribution in [1.29, 1.82) is 0 Å². The van der Waals surface area contributed by atoms with Gasteiger partial charge in [0.25, 0.3) is 5.91 Å². The number of benzene rings is 2. The number of furan rings is 1. The molecule has 5 rings (SSSR count). The Kier molecular flexibility index (Phi) is 3.83. The van der Waals surface area contributed by atoms with Gasteiger partial charge in [-0.1, -0.05) is 24.3 Å². The quantitative estimate of drug-likeness (QED) is 0.685. The van der Waals surface area contributed by atoms with Crippen molar-refractivity contribution in [2.24, 2.45) is 5.92 Å². The van der Waals surface area contributed by atoms with Crippen molar-refractivity contribution in [3.8, 4) is 11.1 Å². The Balaban J connectivity index is 1.33. The molecule has 0 saturated carbocycles. The molecule has 2 aliphatic heterocycles. The molecule has 0 spiro atoms. The summed E-state index contributed by atoms with van der Waals surface area (Å²) in [5, 5.41) is 1.08. The second kappa shape index (κ2) is 6.37. The van der Waals surface area contributed by atoms with Crippen LogP contribution in [-0.4, -0.2) is 41.2 Å². The second-order valence-electron chi connectivity index (χ2n) is 7.51. The molecule has 0 radical (unpaired) electrons. The Labute approximate surface area is 162 Å². The molecule has 2 aliphatic rings. The molecule has 1 saturated heterocycles. The van der Waals surface area contributed by atoms with Gasteiger partial charge in [-0.3, -0.25) is 9.59 Å². The first-order valence-electron chi connectivity index (χ1n) is 9.43. The van der Waals surface area contributed by atoms with Crippen LogP contribution in [0, 0.1) is 5.92 Å². The minimum atomic E-state index is 0.00399. The summed E-state index contributed by atoms with van der Waals surface area (Å²) in [5.74, 6) is 0.368. The summed E-state index contributed by atoms with van der Waals surface area (Å²) < 4.78 is 5.48. The number of nitrogens with zero attached hydrogens (tertiary/aromatic N) is 2. The number of hydrogen-bond acceptors (Lipinski definition) is 3. The second-order valence-corrected chi connectivity index (χ2v) is 7.51. The number of carbonyl (C=O) groups is 2. The molecule has 3 aromatic rings. The minimum Gasteiger partial charge on any atom is -0.464 e. The maximum Gasteiger partial charge on any atom is 0.257 e. The summed E-state index contributed by atoms with van der Waals surface area (Å²) >= 11 is 0. The first-order valence-corrected chi connectivity index (χ1v) is 9.43. The average Bonchev–Trinajstić information content (AvgIpc) is 3.41. The van der Waals surface area contributed by atoms with Gasteiger partial charge in [0.05, 0.1) is 6.26 Å². The highest BCUT2D eigenvalue weighted by molar-refractivity contribution is 5.96. The molecular formula is C23H20N2O3. The largest absolute Gasteiger partial charge is 0.464 e. The zero-order chi connectivity index (χ0) is 19.3. The third kappa shape index (κ3) is 2.80. The highest BCUT2D eigenvalue weighted by Gasteiger charge is 2.36. The lowest BCUT2D eigenvalue weighted by molar-refractivity contribution is -0.127. The number of likely N-dealkylation sites (tertiary alicyclic amines) is 1. The summed E-state index contributed by atoms with van der Waals surface area (Å²) in [6.07, 6.45) is 3.61. The fraction of sp³-hybridized carbons (Fsp3) is 0.217. The first kappa shape index (κ1) is 16.8. The van der Waals surface area contributed by atoms with Gasteiger partial charge >= 0.3 is 0 Å². The van der Waals surface area contributed by atoms with Gasteiger partial charge in [-0.05, 0) is 41.0 Å². The van der Waals surface area contributed by atoms with Crippen LogP contribution in [0.25, 0.3) is 22.1 Å². The highest BCUT2D eigenvalue weighted by Crippen LogP contribution is 2.31. The number of hydrogen-bond donors (Lipinski definition) is 0. The molecule has 28 heavy (non-hydrogen) atoms. The van der Waals surface area contributed by atoms with Gasteiger partial charge in [-0.2, -0.15) is 0 Å². The van der Waals surface area contributed by atoms with Crippen LogP contribution in [0.1, 0.15) is 17.3 Å². The van der Waals surface area contributed by atoms with E-state index in [2.05, 4.69) is 6.07 Å². The van der Waals surface area contributed by atoms with Gasteiger partial charge in [0.1, 0.15) is 5.58 Å². The first-order chi connectivity index (χ1) is 13.6. The fourth-order valence-corrected chi connectivity index (χ4v) is 4.10. The van der Waals surface area contributed by atoms with E-state index in [1.165, 1.54) is 5.57 Å². The molecular weight excluding hydrogens is 352 g/mol. The molecule has 3 heterocycles. The monoisotopic (exact) mass is 372 g/mol. The maximum absolute atomic E-state index is 12.9. The van der Waals surface area contributed by atoms with E-state index in [0.717, 1.165) is 22.1 Å². The molecule has 5 nitrogen and oxygen atoms in total. The number of fused-ring (bicyclic) bond motifs is 2. The third-order valence-electron chi connectivity index (χ3n) is 5.70. The van der Waals surface area contributed by atoms with Crippen LogP contribution in [0.2, 0.25) is 0 Å². The van der Waals surface area contributed by atoms with Gasteiger partial charge in [0.2, 0.25) is 5.91 Å². The van der Waals surface area contributed by atoms with E-state index in [9.17, 15) is 9.59 Å².